The van der Waals surface area contributed by atoms with E-state index in [0.717, 1.165) is 23.2 Å². The first-order valence-corrected chi connectivity index (χ1v) is 7.25. The molecule has 0 aromatic heterocycles. The third-order valence-corrected chi connectivity index (χ3v) is 3.40. The summed E-state index contributed by atoms with van der Waals surface area (Å²) in [6.45, 7) is 2.15. The first-order valence-electron chi connectivity index (χ1n) is 7.25. The van der Waals surface area contributed by atoms with E-state index in [1.807, 2.05) is 18.2 Å². The Morgan fingerprint density at radius 3 is 2.90 bits per heavy atom. The second-order valence-corrected chi connectivity index (χ2v) is 5.20. The van der Waals surface area contributed by atoms with Crippen molar-refractivity contribution in [2.24, 2.45) is 5.92 Å². The van der Waals surface area contributed by atoms with Gasteiger partial charge in [-0.15, -0.1) is 0 Å². The van der Waals surface area contributed by atoms with E-state index < -0.39 is 0 Å². The van der Waals surface area contributed by atoms with Gasteiger partial charge in [-0.05, 0) is 48.9 Å². The van der Waals surface area contributed by atoms with Crippen LogP contribution in [0.25, 0.3) is 0 Å². The lowest BCUT2D eigenvalue weighted by atomic mass is 10.1. The van der Waals surface area contributed by atoms with Crippen LogP contribution in [0, 0.1) is 17.8 Å². The third-order valence-electron chi connectivity index (χ3n) is 3.40. The number of rotatable bonds is 5. The number of hydrogen-bond donors (Lipinski definition) is 2. The fourth-order valence-corrected chi connectivity index (χ4v) is 2.09. The van der Waals surface area contributed by atoms with Crippen LogP contribution in [-0.2, 0) is 11.2 Å². The topological polar surface area (TPSA) is 49.3 Å². The molecule has 1 aromatic carbocycles. The van der Waals surface area contributed by atoms with Gasteiger partial charge in [0.15, 0.2) is 0 Å². The summed E-state index contributed by atoms with van der Waals surface area (Å²) in [6.07, 6.45) is 4.36. The number of aryl methyl sites for hydroxylation is 1. The number of nitrogens with one attached hydrogen (secondary N) is 1. The van der Waals surface area contributed by atoms with Crippen LogP contribution in [-0.4, -0.2) is 17.6 Å². The molecule has 1 aliphatic rings. The van der Waals surface area contributed by atoms with Gasteiger partial charge in [0.2, 0.25) is 5.91 Å². The predicted octanol–water partition coefficient (Wildman–Crippen LogP) is 2.72. The second kappa shape index (κ2) is 7.12. The highest BCUT2D eigenvalue weighted by Crippen LogP contribution is 2.32. The number of amides is 1. The van der Waals surface area contributed by atoms with E-state index in [9.17, 15) is 4.79 Å². The molecule has 20 heavy (non-hydrogen) atoms. The molecule has 106 valence electrons. The van der Waals surface area contributed by atoms with E-state index in [0.29, 0.717) is 18.8 Å². The highest BCUT2D eigenvalue weighted by molar-refractivity contribution is 5.91. The largest absolute Gasteiger partial charge is 0.395 e. The van der Waals surface area contributed by atoms with E-state index in [-0.39, 0.29) is 12.5 Å². The van der Waals surface area contributed by atoms with Crippen molar-refractivity contribution in [3.63, 3.8) is 0 Å². The zero-order chi connectivity index (χ0) is 14.4. The van der Waals surface area contributed by atoms with Gasteiger partial charge < -0.3 is 10.4 Å². The van der Waals surface area contributed by atoms with Crippen molar-refractivity contribution in [3.05, 3.63) is 29.3 Å². The molecule has 0 atom stereocenters. The van der Waals surface area contributed by atoms with Gasteiger partial charge in [-0.2, -0.15) is 0 Å². The maximum atomic E-state index is 11.9. The lowest BCUT2D eigenvalue weighted by Gasteiger charge is -2.10. The van der Waals surface area contributed by atoms with Crippen LogP contribution >= 0.6 is 0 Å². The Bertz CT molecular complexity index is 536. The van der Waals surface area contributed by atoms with Crippen molar-refractivity contribution in [1.82, 2.24) is 0 Å². The normalized spacial score (nSPS) is 13.5. The summed E-state index contributed by atoms with van der Waals surface area (Å²) >= 11 is 0. The minimum absolute atomic E-state index is 0.0863. The van der Waals surface area contributed by atoms with Gasteiger partial charge in [-0.25, -0.2) is 0 Å². The second-order valence-electron chi connectivity index (χ2n) is 5.20. The summed E-state index contributed by atoms with van der Waals surface area (Å²) in [7, 11) is 0. The molecule has 1 aliphatic carbocycles. The molecule has 2 rings (SSSR count). The molecule has 3 heteroatoms. The Hall–Kier alpha value is -1.79. The molecule has 2 N–H and O–H groups in total. The molecule has 0 spiro atoms. The maximum Gasteiger partial charge on any atom is 0.224 e. The molecule has 0 radical (unpaired) electrons. The standard InChI is InChI=1S/C17H21NO2/c1-2-15-11-13(5-3-4-10-19)8-9-16(15)18-17(20)12-14-6-7-14/h8-9,11,14,19H,2,4,6-7,10,12H2,1H3,(H,18,20). The van der Waals surface area contributed by atoms with Crippen molar-refractivity contribution in [3.8, 4) is 11.8 Å². The monoisotopic (exact) mass is 271 g/mol. The van der Waals surface area contributed by atoms with Crippen molar-refractivity contribution in [2.45, 2.75) is 39.0 Å². The minimum Gasteiger partial charge on any atom is -0.395 e. The van der Waals surface area contributed by atoms with Crippen LogP contribution in [0.2, 0.25) is 0 Å². The van der Waals surface area contributed by atoms with Crippen LogP contribution in [0.1, 0.15) is 43.7 Å². The zero-order valence-corrected chi connectivity index (χ0v) is 11.9. The van der Waals surface area contributed by atoms with Crippen LogP contribution in [0.3, 0.4) is 0 Å². The highest BCUT2D eigenvalue weighted by Gasteiger charge is 2.24. The smallest absolute Gasteiger partial charge is 0.224 e. The van der Waals surface area contributed by atoms with Gasteiger partial charge in [0.05, 0.1) is 6.61 Å². The van der Waals surface area contributed by atoms with E-state index in [2.05, 4.69) is 24.1 Å². The summed E-state index contributed by atoms with van der Waals surface area (Å²) in [5.74, 6) is 6.64. The molecular weight excluding hydrogens is 250 g/mol. The Labute approximate surface area is 120 Å². The van der Waals surface area contributed by atoms with Crippen LogP contribution in [0.15, 0.2) is 18.2 Å². The quantitative estimate of drug-likeness (QED) is 0.809. The molecule has 3 nitrogen and oxygen atoms in total. The number of benzene rings is 1. The lowest BCUT2D eigenvalue weighted by molar-refractivity contribution is -0.116. The number of carbonyl (C=O) groups is 1. The highest BCUT2D eigenvalue weighted by atomic mass is 16.2. The Morgan fingerprint density at radius 1 is 1.45 bits per heavy atom. The molecular formula is C17H21NO2. The first-order chi connectivity index (χ1) is 9.72. The fourth-order valence-electron chi connectivity index (χ4n) is 2.09. The molecule has 0 bridgehead atoms. The van der Waals surface area contributed by atoms with Gasteiger partial charge in [0.25, 0.3) is 0 Å². The Morgan fingerprint density at radius 2 is 2.25 bits per heavy atom. The summed E-state index contributed by atoms with van der Waals surface area (Å²) in [5, 5.41) is 11.7. The lowest BCUT2D eigenvalue weighted by Crippen LogP contribution is -2.13. The SMILES string of the molecule is CCc1cc(C#CCCO)ccc1NC(=O)CC1CC1. The molecule has 1 aromatic rings. The number of aliphatic hydroxyl groups excluding tert-OH is 1. The minimum atomic E-state index is 0.0863. The molecule has 0 aliphatic heterocycles. The summed E-state index contributed by atoms with van der Waals surface area (Å²) in [6, 6.07) is 5.85. The van der Waals surface area contributed by atoms with Gasteiger partial charge >= 0.3 is 0 Å². The molecule has 1 fully saturated rings. The van der Waals surface area contributed by atoms with E-state index >= 15 is 0 Å². The average molecular weight is 271 g/mol. The summed E-state index contributed by atoms with van der Waals surface area (Å²) < 4.78 is 0. The van der Waals surface area contributed by atoms with Gasteiger partial charge in [-0.1, -0.05) is 18.8 Å². The van der Waals surface area contributed by atoms with Gasteiger partial charge in [0, 0.05) is 24.1 Å². The Kier molecular flexibility index (Phi) is 5.20. The van der Waals surface area contributed by atoms with Crippen molar-refractivity contribution in [2.75, 3.05) is 11.9 Å². The zero-order valence-electron chi connectivity index (χ0n) is 11.9. The van der Waals surface area contributed by atoms with Crippen molar-refractivity contribution in [1.29, 1.82) is 0 Å². The van der Waals surface area contributed by atoms with Crippen LogP contribution < -0.4 is 5.32 Å². The van der Waals surface area contributed by atoms with Crippen molar-refractivity contribution < 1.29 is 9.90 Å². The van der Waals surface area contributed by atoms with Crippen LogP contribution in [0.4, 0.5) is 5.69 Å². The summed E-state index contributed by atoms with van der Waals surface area (Å²) in [4.78, 5) is 11.9. The Balaban J connectivity index is 2.05. The van der Waals surface area contributed by atoms with Gasteiger partial charge in [0.1, 0.15) is 0 Å². The number of hydrogen-bond acceptors (Lipinski definition) is 2. The predicted molar refractivity (Wildman–Crippen MR) is 80.4 cm³/mol. The number of aliphatic hydroxyl groups is 1. The molecule has 1 saturated carbocycles. The van der Waals surface area contributed by atoms with Crippen molar-refractivity contribution >= 4 is 11.6 Å². The van der Waals surface area contributed by atoms with Gasteiger partial charge in [-0.3, -0.25) is 4.79 Å². The molecule has 0 saturated heterocycles. The average Bonchev–Trinajstić information content (AvgIpc) is 3.24. The fraction of sp³-hybridized carbons (Fsp3) is 0.471. The number of carbonyl (C=O) groups excluding carboxylic acids is 1. The number of anilines is 1. The molecule has 0 unspecified atom stereocenters. The van der Waals surface area contributed by atoms with E-state index in [4.69, 9.17) is 5.11 Å². The first kappa shape index (κ1) is 14.6. The van der Waals surface area contributed by atoms with E-state index in [1.165, 1.54) is 12.8 Å². The molecule has 1 amide bonds. The summed E-state index contributed by atoms with van der Waals surface area (Å²) in [5.41, 5.74) is 2.92. The maximum absolute atomic E-state index is 11.9. The van der Waals surface area contributed by atoms with E-state index in [1.54, 1.807) is 0 Å². The van der Waals surface area contributed by atoms with Crippen LogP contribution in [0.5, 0.6) is 0 Å². The third kappa shape index (κ3) is 4.40. The molecule has 0 heterocycles.